The van der Waals surface area contributed by atoms with Gasteiger partial charge in [-0.15, -0.1) is 0 Å². The topological polar surface area (TPSA) is 68.0 Å². The van der Waals surface area contributed by atoms with Crippen molar-refractivity contribution < 1.29 is 9.32 Å². The third-order valence-electron chi connectivity index (χ3n) is 2.26. The number of carbonyl (C=O) groups excluding carboxylic acids is 1. The molecule has 0 saturated heterocycles. The number of aromatic nitrogens is 2. The van der Waals surface area contributed by atoms with Crippen LogP contribution in [-0.2, 0) is 4.79 Å². The Kier molecular flexibility index (Phi) is 4.44. The van der Waals surface area contributed by atoms with Crippen LogP contribution in [0.4, 0.5) is 5.82 Å². The standard InChI is InChI=1S/C12H12ClN3O2S/c1-7-6-10(16-18-7)15-11(17)8(2)19-12-9(13)4-3-5-14-12/h3-6,8H,1-2H3,(H,15,16,17)/t8-/m1/s1. The Morgan fingerprint density at radius 2 is 2.37 bits per heavy atom. The molecule has 2 rings (SSSR count). The fourth-order valence-corrected chi connectivity index (χ4v) is 2.39. The Labute approximate surface area is 119 Å². The number of nitrogens with zero attached hydrogens (tertiary/aromatic N) is 2. The van der Waals surface area contributed by atoms with Crippen LogP contribution >= 0.6 is 23.4 Å². The van der Waals surface area contributed by atoms with Gasteiger partial charge in [-0.2, -0.15) is 0 Å². The lowest BCUT2D eigenvalue weighted by molar-refractivity contribution is -0.115. The first kappa shape index (κ1) is 13.9. The molecule has 1 amide bonds. The molecule has 1 N–H and O–H groups in total. The highest BCUT2D eigenvalue weighted by atomic mass is 35.5. The van der Waals surface area contributed by atoms with E-state index in [-0.39, 0.29) is 11.2 Å². The van der Waals surface area contributed by atoms with E-state index < -0.39 is 0 Å². The first-order chi connectivity index (χ1) is 9.06. The maximum absolute atomic E-state index is 12.0. The van der Waals surface area contributed by atoms with Crippen molar-refractivity contribution in [3.05, 3.63) is 35.2 Å². The number of nitrogens with one attached hydrogen (secondary N) is 1. The van der Waals surface area contributed by atoms with Crippen LogP contribution < -0.4 is 5.32 Å². The van der Waals surface area contributed by atoms with Crippen LogP contribution in [0.1, 0.15) is 12.7 Å². The van der Waals surface area contributed by atoms with E-state index in [4.69, 9.17) is 16.1 Å². The van der Waals surface area contributed by atoms with E-state index in [0.29, 0.717) is 21.6 Å². The fraction of sp³-hybridized carbons (Fsp3) is 0.250. The molecule has 0 radical (unpaired) electrons. The summed E-state index contributed by atoms with van der Waals surface area (Å²) in [4.78, 5) is 16.1. The predicted molar refractivity (Wildman–Crippen MR) is 74.4 cm³/mol. The summed E-state index contributed by atoms with van der Waals surface area (Å²) in [5, 5.41) is 7.19. The zero-order valence-corrected chi connectivity index (χ0v) is 12.0. The van der Waals surface area contributed by atoms with Crippen LogP contribution in [0.25, 0.3) is 0 Å². The van der Waals surface area contributed by atoms with Crippen molar-refractivity contribution in [3.8, 4) is 0 Å². The van der Waals surface area contributed by atoms with Crippen LogP contribution in [0.2, 0.25) is 5.02 Å². The summed E-state index contributed by atoms with van der Waals surface area (Å²) in [5.41, 5.74) is 0. The second-order valence-corrected chi connectivity index (χ2v) is 5.60. The van der Waals surface area contributed by atoms with E-state index in [1.54, 1.807) is 38.2 Å². The van der Waals surface area contributed by atoms with Crippen molar-refractivity contribution in [2.75, 3.05) is 5.32 Å². The van der Waals surface area contributed by atoms with Gasteiger partial charge in [0.25, 0.3) is 0 Å². The minimum absolute atomic E-state index is 0.181. The van der Waals surface area contributed by atoms with Gasteiger partial charge in [0, 0.05) is 12.3 Å². The van der Waals surface area contributed by atoms with Crippen LogP contribution in [0.3, 0.4) is 0 Å². The van der Waals surface area contributed by atoms with Gasteiger partial charge in [0.05, 0.1) is 10.3 Å². The van der Waals surface area contributed by atoms with E-state index in [1.807, 2.05) is 0 Å². The Morgan fingerprint density at radius 3 is 3.00 bits per heavy atom. The number of halogens is 1. The predicted octanol–water partition coefficient (Wildman–Crippen LogP) is 3.15. The number of hydrogen-bond acceptors (Lipinski definition) is 5. The monoisotopic (exact) mass is 297 g/mol. The summed E-state index contributed by atoms with van der Waals surface area (Å²) in [7, 11) is 0. The summed E-state index contributed by atoms with van der Waals surface area (Å²) in [5.74, 6) is 0.866. The Bertz CT molecular complexity index is 588. The molecule has 0 aliphatic carbocycles. The summed E-state index contributed by atoms with van der Waals surface area (Å²) in [6, 6.07) is 5.14. The minimum Gasteiger partial charge on any atom is -0.360 e. The molecular weight excluding hydrogens is 286 g/mol. The van der Waals surface area contributed by atoms with Crippen molar-refractivity contribution in [2.45, 2.75) is 24.1 Å². The summed E-state index contributed by atoms with van der Waals surface area (Å²) in [6.45, 7) is 3.53. The molecule has 0 bridgehead atoms. The van der Waals surface area contributed by atoms with E-state index >= 15 is 0 Å². The third kappa shape index (κ3) is 3.71. The highest BCUT2D eigenvalue weighted by molar-refractivity contribution is 8.00. The molecule has 2 aromatic rings. The van der Waals surface area contributed by atoms with Gasteiger partial charge in [0.1, 0.15) is 10.8 Å². The molecule has 1 atom stereocenters. The average molecular weight is 298 g/mol. The molecule has 100 valence electrons. The quantitative estimate of drug-likeness (QED) is 0.878. The normalized spacial score (nSPS) is 12.2. The lowest BCUT2D eigenvalue weighted by atomic mass is 10.4. The molecule has 0 unspecified atom stereocenters. The number of anilines is 1. The molecule has 19 heavy (non-hydrogen) atoms. The van der Waals surface area contributed by atoms with Gasteiger partial charge in [0.15, 0.2) is 5.82 Å². The number of amides is 1. The number of aryl methyl sites for hydroxylation is 1. The van der Waals surface area contributed by atoms with Gasteiger partial charge in [-0.3, -0.25) is 4.79 Å². The molecule has 7 heteroatoms. The highest BCUT2D eigenvalue weighted by Crippen LogP contribution is 2.28. The molecule has 0 aromatic carbocycles. The molecule has 2 heterocycles. The van der Waals surface area contributed by atoms with Crippen molar-refractivity contribution in [1.29, 1.82) is 0 Å². The number of hydrogen-bond donors (Lipinski definition) is 1. The molecule has 0 aliphatic rings. The molecule has 5 nitrogen and oxygen atoms in total. The average Bonchev–Trinajstić information content (AvgIpc) is 2.77. The van der Waals surface area contributed by atoms with Gasteiger partial charge >= 0.3 is 0 Å². The molecule has 2 aromatic heterocycles. The lowest BCUT2D eigenvalue weighted by Gasteiger charge is -2.10. The van der Waals surface area contributed by atoms with E-state index in [0.717, 1.165) is 0 Å². The minimum atomic E-state index is -0.343. The second kappa shape index (κ2) is 6.08. The first-order valence-electron chi connectivity index (χ1n) is 5.57. The van der Waals surface area contributed by atoms with Gasteiger partial charge in [0.2, 0.25) is 5.91 Å². The maximum atomic E-state index is 12.0. The third-order valence-corrected chi connectivity index (χ3v) is 3.79. The number of carbonyl (C=O) groups is 1. The summed E-state index contributed by atoms with van der Waals surface area (Å²) < 4.78 is 4.88. The van der Waals surface area contributed by atoms with Crippen LogP contribution in [0.5, 0.6) is 0 Å². The van der Waals surface area contributed by atoms with E-state index in [9.17, 15) is 4.79 Å². The van der Waals surface area contributed by atoms with Gasteiger partial charge in [-0.1, -0.05) is 28.5 Å². The molecule has 0 fully saturated rings. The second-order valence-electron chi connectivity index (χ2n) is 3.86. The van der Waals surface area contributed by atoms with Crippen LogP contribution in [-0.4, -0.2) is 21.3 Å². The van der Waals surface area contributed by atoms with E-state index in [1.165, 1.54) is 11.8 Å². The molecule has 0 aliphatic heterocycles. The fourth-order valence-electron chi connectivity index (χ4n) is 1.33. The number of pyridine rings is 1. The van der Waals surface area contributed by atoms with Gasteiger partial charge in [-0.05, 0) is 26.0 Å². The summed E-state index contributed by atoms with van der Waals surface area (Å²) >= 11 is 7.29. The first-order valence-corrected chi connectivity index (χ1v) is 6.83. The maximum Gasteiger partial charge on any atom is 0.238 e. The van der Waals surface area contributed by atoms with Gasteiger partial charge < -0.3 is 9.84 Å². The molecule has 0 saturated carbocycles. The number of thioether (sulfide) groups is 1. The Morgan fingerprint density at radius 1 is 1.58 bits per heavy atom. The molecule has 0 spiro atoms. The SMILES string of the molecule is Cc1cc(NC(=O)[C@@H](C)Sc2ncccc2Cl)no1. The smallest absolute Gasteiger partial charge is 0.238 e. The van der Waals surface area contributed by atoms with Crippen LogP contribution in [0, 0.1) is 6.92 Å². The van der Waals surface area contributed by atoms with Crippen molar-refractivity contribution in [1.82, 2.24) is 10.1 Å². The van der Waals surface area contributed by atoms with Crippen molar-refractivity contribution in [2.24, 2.45) is 0 Å². The van der Waals surface area contributed by atoms with Gasteiger partial charge in [-0.25, -0.2) is 4.98 Å². The lowest BCUT2D eigenvalue weighted by Crippen LogP contribution is -2.22. The highest BCUT2D eigenvalue weighted by Gasteiger charge is 2.17. The summed E-state index contributed by atoms with van der Waals surface area (Å²) in [6.07, 6.45) is 1.64. The zero-order valence-electron chi connectivity index (χ0n) is 10.4. The molecular formula is C12H12ClN3O2S. The Balaban J connectivity index is 1.98. The zero-order chi connectivity index (χ0) is 13.8. The van der Waals surface area contributed by atoms with Crippen LogP contribution in [0.15, 0.2) is 33.9 Å². The number of rotatable bonds is 4. The van der Waals surface area contributed by atoms with Crippen molar-refractivity contribution >= 4 is 35.1 Å². The van der Waals surface area contributed by atoms with E-state index in [2.05, 4.69) is 15.5 Å². The Hall–Kier alpha value is -1.53. The van der Waals surface area contributed by atoms with Crippen molar-refractivity contribution in [3.63, 3.8) is 0 Å². The largest absolute Gasteiger partial charge is 0.360 e.